The van der Waals surface area contributed by atoms with Crippen LogP contribution in [0.2, 0.25) is 0 Å². The molecule has 0 saturated heterocycles. The molecule has 0 aliphatic heterocycles. The van der Waals surface area contributed by atoms with E-state index in [0.717, 1.165) is 19.4 Å². The van der Waals surface area contributed by atoms with Gasteiger partial charge in [0.05, 0.1) is 33.4 Å². The second-order valence-electron chi connectivity index (χ2n) is 7.15. The molecule has 4 nitrogen and oxygen atoms in total. The zero-order chi connectivity index (χ0) is 16.8. The van der Waals surface area contributed by atoms with Crippen LogP contribution in [0, 0.1) is 0 Å². The van der Waals surface area contributed by atoms with E-state index in [9.17, 15) is 9.90 Å². The van der Waals surface area contributed by atoms with Crippen molar-refractivity contribution in [3.8, 4) is 0 Å². The number of aliphatic hydroxyl groups is 1. The molecule has 1 unspecified atom stereocenters. The molecule has 0 fully saturated rings. The Balaban J connectivity index is 0. The molecule has 0 radical (unpaired) electrons. The Bertz CT molecular complexity index is 283. The van der Waals surface area contributed by atoms with Crippen molar-refractivity contribution in [1.29, 1.82) is 0 Å². The Morgan fingerprint density at radius 1 is 1.04 bits per heavy atom. The molecule has 0 amide bonds. The fraction of sp³-hybridized carbons (Fsp3) is 0.944. The summed E-state index contributed by atoms with van der Waals surface area (Å²) in [5, 5.41) is 9.32. The summed E-state index contributed by atoms with van der Waals surface area (Å²) in [6.07, 6.45) is 10.4. The van der Waals surface area contributed by atoms with Gasteiger partial charge in [-0.05, 0) is 13.3 Å². The summed E-state index contributed by atoms with van der Waals surface area (Å²) in [5.74, 6) is -0.126. The summed E-state index contributed by atoms with van der Waals surface area (Å²) in [6, 6.07) is 0. The minimum atomic E-state index is -0.314. The van der Waals surface area contributed by atoms with Crippen LogP contribution in [0.5, 0.6) is 0 Å². The van der Waals surface area contributed by atoms with Gasteiger partial charge < -0.3 is 26.7 Å². The van der Waals surface area contributed by atoms with Crippen LogP contribution in [-0.4, -0.2) is 55.5 Å². The summed E-state index contributed by atoms with van der Waals surface area (Å²) in [6.45, 7) is 5.72. The predicted octanol–water partition coefficient (Wildman–Crippen LogP) is 0.522. The van der Waals surface area contributed by atoms with Crippen LogP contribution in [0.4, 0.5) is 0 Å². The highest BCUT2D eigenvalue weighted by Gasteiger charge is 2.21. The SMILES string of the molecule is CCCCCCCCCCOC(=O)C[N+](C)(C)CCC(C)O.[Cl-]. The van der Waals surface area contributed by atoms with Crippen molar-refractivity contribution in [3.05, 3.63) is 0 Å². The number of ether oxygens (including phenoxy) is 1. The van der Waals surface area contributed by atoms with Gasteiger partial charge in [-0.1, -0.05) is 51.9 Å². The molecule has 1 atom stereocenters. The number of esters is 1. The number of aliphatic hydroxyl groups excluding tert-OH is 1. The third-order valence-corrected chi connectivity index (χ3v) is 3.97. The lowest BCUT2D eigenvalue weighted by Crippen LogP contribution is -3.00. The van der Waals surface area contributed by atoms with Gasteiger partial charge in [-0.3, -0.25) is 0 Å². The molecule has 1 N–H and O–H groups in total. The molecule has 0 aliphatic carbocycles. The second-order valence-corrected chi connectivity index (χ2v) is 7.15. The van der Waals surface area contributed by atoms with E-state index in [4.69, 9.17) is 4.74 Å². The number of carbonyl (C=O) groups is 1. The van der Waals surface area contributed by atoms with Gasteiger partial charge in [0.15, 0.2) is 6.54 Å². The lowest BCUT2D eigenvalue weighted by atomic mass is 10.1. The van der Waals surface area contributed by atoms with E-state index in [-0.39, 0.29) is 24.5 Å². The zero-order valence-electron chi connectivity index (χ0n) is 15.7. The molecule has 0 aromatic carbocycles. The zero-order valence-corrected chi connectivity index (χ0v) is 16.4. The maximum atomic E-state index is 11.8. The van der Waals surface area contributed by atoms with Crippen molar-refractivity contribution in [2.24, 2.45) is 0 Å². The maximum absolute atomic E-state index is 11.8. The summed E-state index contributed by atoms with van der Waals surface area (Å²) in [5.41, 5.74) is 0. The average molecular weight is 352 g/mol. The van der Waals surface area contributed by atoms with Gasteiger partial charge in [0.1, 0.15) is 0 Å². The normalized spacial score (nSPS) is 12.6. The Labute approximate surface area is 149 Å². The van der Waals surface area contributed by atoms with Crippen molar-refractivity contribution < 1.29 is 31.5 Å². The molecule has 0 aromatic heterocycles. The monoisotopic (exact) mass is 351 g/mol. The highest BCUT2D eigenvalue weighted by atomic mass is 35.5. The first kappa shape index (κ1) is 24.9. The summed E-state index contributed by atoms with van der Waals surface area (Å²) >= 11 is 0. The molecular formula is C18H38ClNO3. The lowest BCUT2D eigenvalue weighted by Gasteiger charge is -2.29. The van der Waals surface area contributed by atoms with Crippen molar-refractivity contribution in [2.45, 2.75) is 77.7 Å². The van der Waals surface area contributed by atoms with Gasteiger partial charge in [-0.25, -0.2) is 4.79 Å². The average Bonchev–Trinajstić information content (AvgIpc) is 2.43. The van der Waals surface area contributed by atoms with Crippen LogP contribution < -0.4 is 12.4 Å². The smallest absolute Gasteiger partial charge is 0.361 e. The van der Waals surface area contributed by atoms with Crippen LogP contribution in [0.3, 0.4) is 0 Å². The van der Waals surface area contributed by atoms with E-state index in [0.29, 0.717) is 24.1 Å². The van der Waals surface area contributed by atoms with Crippen LogP contribution in [0.1, 0.15) is 71.6 Å². The number of likely N-dealkylation sites (N-methyl/N-ethyl adjacent to an activating group) is 1. The fourth-order valence-electron chi connectivity index (χ4n) is 2.43. The molecular weight excluding hydrogens is 314 g/mol. The number of quaternary nitrogens is 1. The molecule has 0 spiro atoms. The molecule has 0 aliphatic rings. The molecule has 5 heteroatoms. The van der Waals surface area contributed by atoms with Gasteiger partial charge in [0.2, 0.25) is 0 Å². The highest BCUT2D eigenvalue weighted by Crippen LogP contribution is 2.08. The van der Waals surface area contributed by atoms with E-state index < -0.39 is 0 Å². The van der Waals surface area contributed by atoms with E-state index in [1.807, 2.05) is 14.1 Å². The molecule has 23 heavy (non-hydrogen) atoms. The van der Waals surface area contributed by atoms with Crippen LogP contribution in [-0.2, 0) is 9.53 Å². The first-order chi connectivity index (χ1) is 10.4. The van der Waals surface area contributed by atoms with Gasteiger partial charge in [-0.15, -0.1) is 0 Å². The topological polar surface area (TPSA) is 46.5 Å². The Morgan fingerprint density at radius 3 is 2.09 bits per heavy atom. The number of nitrogens with zero attached hydrogens (tertiary/aromatic N) is 1. The van der Waals surface area contributed by atoms with E-state index >= 15 is 0 Å². The number of unbranched alkanes of at least 4 members (excludes halogenated alkanes) is 7. The molecule has 0 saturated carbocycles. The van der Waals surface area contributed by atoms with Gasteiger partial charge in [0.25, 0.3) is 0 Å². The summed E-state index contributed by atoms with van der Waals surface area (Å²) in [7, 11) is 4.00. The largest absolute Gasteiger partial charge is 1.00 e. The number of halogens is 1. The van der Waals surface area contributed by atoms with E-state index in [1.165, 1.54) is 38.5 Å². The fourth-order valence-corrected chi connectivity index (χ4v) is 2.43. The standard InChI is InChI=1S/C18H38NO3.ClH/c1-5-6-7-8-9-10-11-12-15-22-18(21)16-19(3,4)14-13-17(2)20;/h17,20H,5-16H2,1-4H3;1H/q+1;/p-1. The van der Waals surface area contributed by atoms with Crippen molar-refractivity contribution in [3.63, 3.8) is 0 Å². The molecule has 140 valence electrons. The van der Waals surface area contributed by atoms with Crippen LogP contribution in [0.25, 0.3) is 0 Å². The third-order valence-electron chi connectivity index (χ3n) is 3.97. The van der Waals surface area contributed by atoms with Gasteiger partial charge in [-0.2, -0.15) is 0 Å². The van der Waals surface area contributed by atoms with Crippen LogP contribution in [0.15, 0.2) is 0 Å². The van der Waals surface area contributed by atoms with Crippen molar-refractivity contribution >= 4 is 5.97 Å². The Kier molecular flexibility index (Phi) is 16.5. The summed E-state index contributed by atoms with van der Waals surface area (Å²) in [4.78, 5) is 11.8. The molecule has 0 heterocycles. The predicted molar refractivity (Wildman–Crippen MR) is 91.7 cm³/mol. The number of carbonyl (C=O) groups excluding carboxylic acids is 1. The van der Waals surface area contributed by atoms with Crippen LogP contribution >= 0.6 is 0 Å². The summed E-state index contributed by atoms with van der Waals surface area (Å²) < 4.78 is 5.88. The number of hydrogen-bond acceptors (Lipinski definition) is 3. The van der Waals surface area contributed by atoms with Crippen molar-refractivity contribution in [1.82, 2.24) is 0 Å². The second kappa shape index (κ2) is 15.2. The minimum absolute atomic E-state index is 0. The van der Waals surface area contributed by atoms with Gasteiger partial charge >= 0.3 is 5.97 Å². The third kappa shape index (κ3) is 17.9. The number of hydrogen-bond donors (Lipinski definition) is 1. The lowest BCUT2D eigenvalue weighted by molar-refractivity contribution is -0.883. The van der Waals surface area contributed by atoms with Gasteiger partial charge in [0, 0.05) is 6.42 Å². The van der Waals surface area contributed by atoms with Crippen molar-refractivity contribution in [2.75, 3.05) is 33.8 Å². The molecule has 0 rings (SSSR count). The minimum Gasteiger partial charge on any atom is -1.00 e. The highest BCUT2D eigenvalue weighted by molar-refractivity contribution is 5.70. The Hall–Kier alpha value is -0.320. The Morgan fingerprint density at radius 2 is 1.57 bits per heavy atom. The first-order valence-electron chi connectivity index (χ1n) is 9.03. The molecule has 0 bridgehead atoms. The number of rotatable bonds is 14. The maximum Gasteiger partial charge on any atom is 0.361 e. The first-order valence-corrected chi connectivity index (χ1v) is 9.03. The van der Waals surface area contributed by atoms with E-state index in [1.54, 1.807) is 6.92 Å². The quantitative estimate of drug-likeness (QED) is 0.282. The van der Waals surface area contributed by atoms with E-state index in [2.05, 4.69) is 6.92 Å². The molecule has 0 aromatic rings.